The molecule has 1 aromatic rings. The zero-order valence-corrected chi connectivity index (χ0v) is 40.7. The molecule has 6 N–H and O–H groups in total. The minimum absolute atomic E-state index is 0.0972. The molecule has 64 heavy (non-hydrogen) atoms. The van der Waals surface area contributed by atoms with Crippen molar-refractivity contribution in [1.82, 2.24) is 15.5 Å². The molecule has 370 valence electrons. The topological polar surface area (TPSA) is 169 Å². The molecule has 2 rings (SSSR count). The largest absolute Gasteiger partial charge is 0.481 e. The summed E-state index contributed by atoms with van der Waals surface area (Å²) < 4.78 is 6.31. The Balaban J connectivity index is 2.08. The molecule has 11 heteroatoms. The number of hydrogen-bond donors (Lipinski definition) is 6. The first-order valence-electron chi connectivity index (χ1n) is 26.4. The highest BCUT2D eigenvalue weighted by Crippen LogP contribution is 2.26. The van der Waals surface area contributed by atoms with Gasteiger partial charge >= 0.3 is 5.97 Å². The molecule has 0 radical (unpaired) electrons. The Bertz CT molecular complexity index is 1290. The van der Waals surface area contributed by atoms with E-state index in [2.05, 4.69) is 24.5 Å². The van der Waals surface area contributed by atoms with Gasteiger partial charge in [0, 0.05) is 19.4 Å². The van der Waals surface area contributed by atoms with Gasteiger partial charge in [-0.15, -0.1) is 0 Å². The Kier molecular flexibility index (Phi) is 34.6. The van der Waals surface area contributed by atoms with Crippen LogP contribution in [0.5, 0.6) is 0 Å². The molecule has 0 saturated carbocycles. The highest BCUT2D eigenvalue weighted by atomic mass is 16.5. The Labute approximate surface area is 389 Å². The average Bonchev–Trinajstić information content (AvgIpc) is 3.29. The summed E-state index contributed by atoms with van der Waals surface area (Å²) in [5, 5.41) is 48.3. The van der Waals surface area contributed by atoms with Gasteiger partial charge in [0.25, 0.3) is 0 Å². The van der Waals surface area contributed by atoms with Crippen molar-refractivity contribution in [3.63, 3.8) is 0 Å². The van der Waals surface area contributed by atoms with E-state index in [0.717, 1.165) is 56.9 Å². The third kappa shape index (κ3) is 26.5. The van der Waals surface area contributed by atoms with Crippen LogP contribution in [-0.4, -0.2) is 99.4 Å². The van der Waals surface area contributed by atoms with Crippen molar-refractivity contribution in [3.8, 4) is 0 Å². The van der Waals surface area contributed by atoms with Gasteiger partial charge in [0.15, 0.2) is 6.23 Å². The maximum atomic E-state index is 14.2. The number of carboxylic acid groups (broad SMARTS) is 1. The van der Waals surface area contributed by atoms with Crippen LogP contribution in [-0.2, 0) is 25.5 Å². The summed E-state index contributed by atoms with van der Waals surface area (Å²) in [4.78, 5) is 41.1. The summed E-state index contributed by atoms with van der Waals surface area (Å²) >= 11 is 0. The van der Waals surface area contributed by atoms with Crippen LogP contribution in [0.4, 0.5) is 0 Å². The van der Waals surface area contributed by atoms with Crippen LogP contribution in [0.25, 0.3) is 0 Å². The second-order valence-corrected chi connectivity index (χ2v) is 18.8. The minimum Gasteiger partial charge on any atom is -0.481 e. The second kappa shape index (κ2) is 38.5. The normalized spacial score (nSPS) is 19.1. The molecule has 0 aromatic heterocycles. The second-order valence-electron chi connectivity index (χ2n) is 18.8. The summed E-state index contributed by atoms with van der Waals surface area (Å²) in [6.07, 6.45) is 30.2. The Hall–Kier alpha value is -2.57. The Morgan fingerprint density at radius 1 is 0.609 bits per heavy atom. The Morgan fingerprint density at radius 2 is 1.06 bits per heavy atom. The van der Waals surface area contributed by atoms with Gasteiger partial charge in [-0.05, 0) is 44.2 Å². The molecule has 1 fully saturated rings. The van der Waals surface area contributed by atoms with E-state index < -0.39 is 55.1 Å². The summed E-state index contributed by atoms with van der Waals surface area (Å²) in [6, 6.07) is 7.78. The van der Waals surface area contributed by atoms with Crippen molar-refractivity contribution in [3.05, 3.63) is 35.9 Å². The van der Waals surface area contributed by atoms with E-state index in [1.165, 1.54) is 122 Å². The number of ether oxygens (including phenoxy) is 1. The number of aliphatic hydroxyl groups is 3. The first-order valence-corrected chi connectivity index (χ1v) is 26.4. The van der Waals surface area contributed by atoms with Gasteiger partial charge in [-0.25, -0.2) is 0 Å². The molecule has 1 heterocycles. The van der Waals surface area contributed by atoms with Crippen LogP contribution < -0.4 is 10.6 Å². The third-order valence-electron chi connectivity index (χ3n) is 13.1. The fourth-order valence-corrected chi connectivity index (χ4v) is 9.05. The fourth-order valence-electron chi connectivity index (χ4n) is 9.05. The smallest absolute Gasteiger partial charge is 0.303 e. The number of nitrogens with one attached hydrogen (secondary N) is 2. The van der Waals surface area contributed by atoms with Crippen LogP contribution >= 0.6 is 0 Å². The summed E-state index contributed by atoms with van der Waals surface area (Å²) in [6.45, 7) is 4.83. The lowest BCUT2D eigenvalue weighted by atomic mass is 9.94. The molecule has 0 spiro atoms. The molecule has 6 atom stereocenters. The maximum Gasteiger partial charge on any atom is 0.303 e. The van der Waals surface area contributed by atoms with E-state index >= 15 is 0 Å². The number of amides is 2. The maximum absolute atomic E-state index is 14.2. The molecule has 2 amide bonds. The molecule has 1 aliphatic rings. The quantitative estimate of drug-likeness (QED) is 0.0350. The van der Waals surface area contributed by atoms with Crippen molar-refractivity contribution < 1.29 is 39.5 Å². The van der Waals surface area contributed by atoms with Crippen molar-refractivity contribution in [1.29, 1.82) is 0 Å². The molecule has 0 bridgehead atoms. The van der Waals surface area contributed by atoms with Crippen molar-refractivity contribution in [2.24, 2.45) is 0 Å². The van der Waals surface area contributed by atoms with Gasteiger partial charge in [0.2, 0.25) is 11.8 Å². The zero-order chi connectivity index (χ0) is 46.5. The molecular weight excluding hydrogens is 807 g/mol. The van der Waals surface area contributed by atoms with Crippen LogP contribution in [0.2, 0.25) is 0 Å². The van der Waals surface area contributed by atoms with Crippen LogP contribution in [0, 0.1) is 0 Å². The number of unbranched alkanes of at least 4 members (excludes halogenated alkanes) is 27. The zero-order valence-electron chi connectivity index (χ0n) is 40.7. The van der Waals surface area contributed by atoms with Crippen molar-refractivity contribution in [2.75, 3.05) is 19.7 Å². The van der Waals surface area contributed by atoms with Gasteiger partial charge in [0.1, 0.15) is 24.4 Å². The number of carbonyl (C=O) groups excluding carboxylic acids is 2. The van der Waals surface area contributed by atoms with Gasteiger partial charge < -0.3 is 40.7 Å². The van der Waals surface area contributed by atoms with E-state index in [9.17, 15) is 29.7 Å². The first-order chi connectivity index (χ1) is 31.2. The molecular formula is C53H95N3O8. The Morgan fingerprint density at radius 3 is 1.55 bits per heavy atom. The predicted molar refractivity (Wildman–Crippen MR) is 260 cm³/mol. The highest BCUT2D eigenvalue weighted by Gasteiger charge is 2.48. The summed E-state index contributed by atoms with van der Waals surface area (Å²) in [5.74, 6) is -1.34. The van der Waals surface area contributed by atoms with Crippen molar-refractivity contribution >= 4 is 17.8 Å². The summed E-state index contributed by atoms with van der Waals surface area (Å²) in [5.41, 5.74) is 0.936. The molecule has 11 nitrogen and oxygen atoms in total. The number of aliphatic carboxylic acids is 1. The highest BCUT2D eigenvalue weighted by molar-refractivity contribution is 5.83. The summed E-state index contributed by atoms with van der Waals surface area (Å²) in [7, 11) is 0. The minimum atomic E-state index is -1.49. The molecule has 1 aliphatic heterocycles. The predicted octanol–water partition coefficient (Wildman–Crippen LogP) is 10.5. The van der Waals surface area contributed by atoms with Gasteiger partial charge in [-0.1, -0.05) is 211 Å². The van der Waals surface area contributed by atoms with E-state index in [1.54, 1.807) is 4.90 Å². The lowest BCUT2D eigenvalue weighted by Gasteiger charge is -2.47. The fraction of sp³-hybridized carbons (Fsp3) is 0.830. The van der Waals surface area contributed by atoms with E-state index in [0.29, 0.717) is 45.2 Å². The number of benzene rings is 1. The van der Waals surface area contributed by atoms with E-state index in [4.69, 9.17) is 9.84 Å². The number of hydrogen-bond acceptors (Lipinski definition) is 8. The third-order valence-corrected chi connectivity index (χ3v) is 13.1. The van der Waals surface area contributed by atoms with Gasteiger partial charge in [0.05, 0.1) is 12.6 Å². The number of rotatable bonds is 42. The van der Waals surface area contributed by atoms with Crippen LogP contribution in [0.15, 0.2) is 30.3 Å². The monoisotopic (exact) mass is 902 g/mol. The average molecular weight is 902 g/mol. The number of aliphatic hydroxyl groups excluding tert-OH is 3. The van der Waals surface area contributed by atoms with E-state index in [-0.39, 0.29) is 12.3 Å². The van der Waals surface area contributed by atoms with Gasteiger partial charge in [-0.2, -0.15) is 0 Å². The number of carbonyl (C=O) groups is 3. The molecule has 0 aliphatic carbocycles. The SMILES string of the molecule is CCCCCCCCCCCCCCCCCC(=O)N(CCCCCCCCCCCCCC)[C@@H]1O[C@H](CO)[C@@H](O)[C@H](O)[C@@H]1NC(=O)[C@H](Cc1ccccc1)NCCCCCC(=O)O. The first kappa shape index (κ1) is 57.6. The van der Waals surface area contributed by atoms with Crippen molar-refractivity contribution in [2.45, 2.75) is 262 Å². The van der Waals surface area contributed by atoms with Crippen LogP contribution in [0.3, 0.4) is 0 Å². The van der Waals surface area contributed by atoms with E-state index in [1.807, 2.05) is 30.3 Å². The standard InChI is InChI=1S/C53H95N3O8/c1-3-5-7-9-11-13-15-17-18-19-20-22-24-26-32-38-47(58)56(41-35-27-25-23-21-16-14-12-10-8-6-4-2)53-49(51(62)50(61)46(43-57)64-53)55-52(63)45(42-44-36-30-28-31-37-44)54-40-34-29-33-39-48(59)60/h28,30-31,36-37,45-46,49-51,53-54,57,61-62H,3-27,29,32-35,38-43H2,1-2H3,(H,55,63)(H,59,60)/t45-,46+,49-,50+,51+,53+/m0/s1. The lowest BCUT2D eigenvalue weighted by Crippen LogP contribution is -2.70. The molecule has 0 unspecified atom stereocenters. The number of carboxylic acids is 1. The van der Waals surface area contributed by atoms with Gasteiger partial charge in [-0.3, -0.25) is 14.4 Å². The molecule has 1 saturated heterocycles. The van der Waals surface area contributed by atoms with Crippen LogP contribution in [0.1, 0.15) is 225 Å². The lowest BCUT2D eigenvalue weighted by molar-refractivity contribution is -0.231. The number of nitrogens with zero attached hydrogens (tertiary/aromatic N) is 1. The molecule has 1 aromatic carbocycles.